The molecular formula is H3MnNaO2. The maximum atomic E-state index is 8.06. The molecule has 0 fully saturated rings. The van der Waals surface area contributed by atoms with E-state index in [9.17, 15) is 0 Å². The zero-order valence-electron chi connectivity index (χ0n) is 3.29. The Morgan fingerprint density at radius 1 is 1.50 bits per heavy atom. The third-order valence-corrected chi connectivity index (χ3v) is 0. The number of hydrogen-bond donors (Lipinski definition) is 0. The van der Waals surface area contributed by atoms with Crippen LogP contribution in [0.2, 0.25) is 0 Å². The quantitative estimate of drug-likeness (QED) is 0.297. The Morgan fingerprint density at radius 3 is 1.50 bits per heavy atom. The molecule has 0 aliphatic rings. The van der Waals surface area contributed by atoms with Crippen LogP contribution in [0.15, 0.2) is 0 Å². The van der Waals surface area contributed by atoms with E-state index in [1.54, 1.807) is 15.9 Å². The van der Waals surface area contributed by atoms with Gasteiger partial charge < -0.3 is 6.90 Å². The van der Waals surface area contributed by atoms with E-state index in [1.807, 2.05) is 0 Å². The molecule has 0 atom stereocenters. The predicted molar refractivity (Wildman–Crippen MR) is 5.41 cm³/mol. The van der Waals surface area contributed by atoms with Crippen molar-refractivity contribution in [2.75, 3.05) is 0 Å². The van der Waals surface area contributed by atoms with Gasteiger partial charge in [-0.15, -0.1) is 0 Å². The molecule has 4 heteroatoms. The zero-order chi connectivity index (χ0) is 2.00. The SMILES string of the molecule is O.[H-].[Na+].[O]=[Mn]. The van der Waals surface area contributed by atoms with E-state index in [2.05, 4.69) is 0 Å². The van der Waals surface area contributed by atoms with Crippen molar-refractivity contribution >= 4 is 0 Å². The van der Waals surface area contributed by atoms with E-state index < -0.39 is 0 Å². The van der Waals surface area contributed by atoms with Crippen molar-refractivity contribution in [1.82, 2.24) is 0 Å². The molecule has 2 N–H and O–H groups in total. The molecule has 0 aliphatic carbocycles. The summed E-state index contributed by atoms with van der Waals surface area (Å²) in [7, 11) is 0. The van der Waals surface area contributed by atoms with Gasteiger partial charge in [0.25, 0.3) is 0 Å². The maximum absolute atomic E-state index is 8.06. The van der Waals surface area contributed by atoms with Crippen molar-refractivity contribution in [2.24, 2.45) is 0 Å². The number of rotatable bonds is 0. The van der Waals surface area contributed by atoms with Crippen LogP contribution in [0.5, 0.6) is 0 Å². The van der Waals surface area contributed by atoms with Crippen LogP contribution in [0.1, 0.15) is 1.43 Å². The summed E-state index contributed by atoms with van der Waals surface area (Å²) in [4.78, 5) is 0. The Morgan fingerprint density at radius 2 is 1.50 bits per heavy atom. The molecule has 0 aliphatic heterocycles. The second-order valence-electron chi connectivity index (χ2n) is 0. The Hall–Kier alpha value is 1.28. The molecule has 0 saturated heterocycles. The zero-order valence-corrected chi connectivity index (χ0v) is 5.47. The van der Waals surface area contributed by atoms with E-state index in [-0.39, 0.29) is 36.5 Å². The first kappa shape index (κ1) is 18.6. The van der Waals surface area contributed by atoms with Crippen LogP contribution in [-0.2, 0) is 19.8 Å². The normalized spacial score (nSPS) is 1.00. The summed E-state index contributed by atoms with van der Waals surface area (Å²) in [6, 6.07) is 0. The topological polar surface area (TPSA) is 48.6 Å². The summed E-state index contributed by atoms with van der Waals surface area (Å²) in [6.45, 7) is 0. The Balaban J connectivity index is -0.00000000167. The molecule has 0 aromatic rings. The molecule has 0 spiro atoms. The summed E-state index contributed by atoms with van der Waals surface area (Å²) in [6.07, 6.45) is 0. The summed E-state index contributed by atoms with van der Waals surface area (Å²) >= 11 is 1.69. The van der Waals surface area contributed by atoms with Gasteiger partial charge in [0.15, 0.2) is 0 Å². The van der Waals surface area contributed by atoms with Crippen molar-refractivity contribution < 1.29 is 56.2 Å². The van der Waals surface area contributed by atoms with E-state index in [1.165, 1.54) is 0 Å². The molecule has 23 valence electrons. The first-order valence-electron chi connectivity index (χ1n) is 0.154. The van der Waals surface area contributed by atoms with Crippen molar-refractivity contribution in [2.45, 2.75) is 0 Å². The van der Waals surface area contributed by atoms with Gasteiger partial charge in [0.1, 0.15) is 0 Å². The summed E-state index contributed by atoms with van der Waals surface area (Å²) in [5.74, 6) is 0. The third-order valence-electron chi connectivity index (χ3n) is 0. The van der Waals surface area contributed by atoms with Gasteiger partial charge in [0.2, 0.25) is 0 Å². The van der Waals surface area contributed by atoms with Gasteiger partial charge in [-0.1, -0.05) is 0 Å². The minimum absolute atomic E-state index is 0. The predicted octanol–water partition coefficient (Wildman–Crippen LogP) is -3.83. The molecule has 0 aromatic carbocycles. The fraction of sp³-hybridized carbons (Fsp3) is 0. The van der Waals surface area contributed by atoms with Crippen LogP contribution in [0, 0.1) is 0 Å². The molecule has 0 radical (unpaired) electrons. The van der Waals surface area contributed by atoms with Crippen LogP contribution in [0.4, 0.5) is 0 Å². The molecule has 0 saturated carbocycles. The van der Waals surface area contributed by atoms with Crippen molar-refractivity contribution in [3.63, 3.8) is 0 Å². The molecule has 0 amide bonds. The van der Waals surface area contributed by atoms with Gasteiger partial charge in [-0.25, -0.2) is 0 Å². The average molecular weight is 113 g/mol. The van der Waals surface area contributed by atoms with Crippen LogP contribution in [-0.4, -0.2) is 5.48 Å². The van der Waals surface area contributed by atoms with Crippen molar-refractivity contribution in [1.29, 1.82) is 0 Å². The Bertz CT molecular complexity index is 9.61. The monoisotopic (exact) mass is 113 g/mol. The van der Waals surface area contributed by atoms with Crippen LogP contribution in [0.3, 0.4) is 0 Å². The first-order valence-corrected chi connectivity index (χ1v) is 0.636. The molecule has 0 aromatic heterocycles. The third kappa shape index (κ3) is 10.4. The molecule has 2 nitrogen and oxygen atoms in total. The minimum atomic E-state index is 0. The second kappa shape index (κ2) is 28.1. The molecule has 0 heterocycles. The van der Waals surface area contributed by atoms with Gasteiger partial charge in [-0.2, -0.15) is 0 Å². The van der Waals surface area contributed by atoms with E-state index in [0.717, 1.165) is 0 Å². The summed E-state index contributed by atoms with van der Waals surface area (Å²) in [5, 5.41) is 0. The van der Waals surface area contributed by atoms with Gasteiger partial charge in [-0.05, 0) is 0 Å². The molecule has 4 heavy (non-hydrogen) atoms. The van der Waals surface area contributed by atoms with Gasteiger partial charge >= 0.3 is 49.3 Å². The van der Waals surface area contributed by atoms with Crippen molar-refractivity contribution in [3.05, 3.63) is 0 Å². The molecule has 0 bridgehead atoms. The average Bonchev–Trinajstić information content (AvgIpc) is 1.00. The molecule has 0 rings (SSSR count). The van der Waals surface area contributed by atoms with E-state index in [4.69, 9.17) is 3.83 Å². The summed E-state index contributed by atoms with van der Waals surface area (Å²) < 4.78 is 8.06. The van der Waals surface area contributed by atoms with Gasteiger partial charge in [0, 0.05) is 0 Å². The second-order valence-corrected chi connectivity index (χ2v) is 0. The first-order chi connectivity index (χ1) is 1.00. The summed E-state index contributed by atoms with van der Waals surface area (Å²) in [5.41, 5.74) is 0. The Kier molecular flexibility index (Phi) is 131. The fourth-order valence-corrected chi connectivity index (χ4v) is 0. The standard InChI is InChI=1S/Mn.Na.H2O.O.H/h;;1H2;;/q;+1;;;-1. The van der Waals surface area contributed by atoms with E-state index in [0.29, 0.717) is 0 Å². The van der Waals surface area contributed by atoms with Gasteiger partial charge in [-0.3, -0.25) is 0 Å². The van der Waals surface area contributed by atoms with Crippen LogP contribution in [0.25, 0.3) is 0 Å². The van der Waals surface area contributed by atoms with Crippen molar-refractivity contribution in [3.8, 4) is 0 Å². The molecular weight excluding hydrogens is 110 g/mol. The fourth-order valence-electron chi connectivity index (χ4n) is 0. The Labute approximate surface area is 56.1 Å². The van der Waals surface area contributed by atoms with Crippen LogP contribution >= 0.6 is 0 Å². The van der Waals surface area contributed by atoms with Gasteiger partial charge in [0.05, 0.1) is 0 Å². The van der Waals surface area contributed by atoms with Crippen LogP contribution < -0.4 is 29.6 Å². The van der Waals surface area contributed by atoms with E-state index >= 15 is 0 Å². The number of hydrogen-bond acceptors (Lipinski definition) is 1. The molecule has 0 unspecified atom stereocenters.